The number of nitrogens with one attached hydrogen (secondary N) is 2. The second-order valence-corrected chi connectivity index (χ2v) is 8.97. The Labute approximate surface area is 189 Å². The molecule has 2 aliphatic rings. The number of hydrogen-bond donors (Lipinski definition) is 3. The van der Waals surface area contributed by atoms with Crippen molar-refractivity contribution in [3.8, 4) is 0 Å². The maximum atomic E-state index is 14.6. The van der Waals surface area contributed by atoms with Gasteiger partial charge in [-0.05, 0) is 55.5 Å². The number of anilines is 2. The van der Waals surface area contributed by atoms with Crippen molar-refractivity contribution in [2.75, 3.05) is 10.2 Å². The molecule has 0 radical (unpaired) electrons. The van der Waals surface area contributed by atoms with Crippen LogP contribution in [0.2, 0.25) is 0 Å². The molecule has 1 aromatic heterocycles. The molecule has 8 heteroatoms. The number of pyridine rings is 1. The number of aliphatic hydroxyl groups is 1. The minimum Gasteiger partial charge on any atom is -0.392 e. The molecule has 3 N–H and O–H groups in total. The van der Waals surface area contributed by atoms with Gasteiger partial charge in [0.2, 0.25) is 5.43 Å². The monoisotopic (exact) mass is 453 g/mol. The molecular formula is C25H25F2N3O3. The van der Waals surface area contributed by atoms with Crippen LogP contribution in [0.4, 0.5) is 20.2 Å². The van der Waals surface area contributed by atoms with Crippen LogP contribution in [0.1, 0.15) is 54.1 Å². The average molecular weight is 453 g/mol. The number of halogens is 2. The van der Waals surface area contributed by atoms with Gasteiger partial charge in [-0.25, -0.2) is 8.78 Å². The van der Waals surface area contributed by atoms with E-state index in [9.17, 15) is 23.5 Å². The maximum absolute atomic E-state index is 14.6. The third kappa shape index (κ3) is 3.68. The molecule has 5 rings (SSSR count). The second-order valence-electron chi connectivity index (χ2n) is 8.97. The van der Waals surface area contributed by atoms with Crippen molar-refractivity contribution in [1.29, 1.82) is 0 Å². The highest BCUT2D eigenvalue weighted by Crippen LogP contribution is 2.43. The van der Waals surface area contributed by atoms with E-state index in [2.05, 4.69) is 15.2 Å². The van der Waals surface area contributed by atoms with Crippen molar-refractivity contribution in [1.82, 2.24) is 4.98 Å². The Morgan fingerprint density at radius 3 is 2.52 bits per heavy atom. The highest BCUT2D eigenvalue weighted by Gasteiger charge is 2.40. The van der Waals surface area contributed by atoms with E-state index in [1.54, 1.807) is 24.3 Å². The fourth-order valence-corrected chi connectivity index (χ4v) is 5.33. The molecule has 2 aliphatic heterocycles. The summed E-state index contributed by atoms with van der Waals surface area (Å²) >= 11 is 0. The van der Waals surface area contributed by atoms with E-state index in [0.29, 0.717) is 23.2 Å². The third-order valence-corrected chi connectivity index (χ3v) is 6.88. The maximum Gasteiger partial charge on any atom is 0.272 e. The number of amides is 1. The smallest absolute Gasteiger partial charge is 0.272 e. The molecule has 2 fully saturated rings. The van der Waals surface area contributed by atoms with Crippen molar-refractivity contribution in [2.45, 2.75) is 57.2 Å². The molecule has 0 spiro atoms. The van der Waals surface area contributed by atoms with Gasteiger partial charge in [-0.2, -0.15) is 0 Å². The summed E-state index contributed by atoms with van der Waals surface area (Å²) in [6.45, 7) is 0.439. The number of fused-ring (bicyclic) bond motifs is 3. The summed E-state index contributed by atoms with van der Waals surface area (Å²) in [5.74, 6) is -3.97. The lowest BCUT2D eigenvalue weighted by Crippen LogP contribution is -2.29. The number of rotatable bonds is 5. The van der Waals surface area contributed by atoms with Gasteiger partial charge in [-0.3, -0.25) is 9.59 Å². The predicted molar refractivity (Wildman–Crippen MR) is 123 cm³/mol. The quantitative estimate of drug-likeness (QED) is 0.531. The number of benzene rings is 2. The zero-order valence-corrected chi connectivity index (χ0v) is 18.2. The Balaban J connectivity index is 1.51. The fourth-order valence-electron chi connectivity index (χ4n) is 5.33. The molecule has 1 amide bonds. The highest BCUT2D eigenvalue weighted by atomic mass is 19.3. The first-order valence-corrected chi connectivity index (χ1v) is 11.1. The first-order chi connectivity index (χ1) is 15.8. The number of nitrogens with zero attached hydrogens (tertiary/aromatic N) is 1. The standard InChI is InChI=1S/C25H25F2N3O3/c1-25(26,27)19-11-17(30-15-5-6-16(30)8-7-15)9-10-20(19)29-24(33)18-12-28-21-4-2-3-14(13-31)22(21)23(18)32/h2-4,9-12,15-16,31H,5-8,13H2,1H3,(H,28,32)(H,29,33). The molecule has 0 atom stereocenters. The van der Waals surface area contributed by atoms with E-state index < -0.39 is 17.3 Å². The van der Waals surface area contributed by atoms with Gasteiger partial charge in [0.25, 0.3) is 11.8 Å². The minimum absolute atomic E-state index is 0.0299. The van der Waals surface area contributed by atoms with Crippen molar-refractivity contribution in [3.05, 3.63) is 69.5 Å². The lowest BCUT2D eigenvalue weighted by atomic mass is 10.0. The van der Waals surface area contributed by atoms with Gasteiger partial charge in [-0.15, -0.1) is 0 Å². The number of aromatic nitrogens is 1. The SMILES string of the molecule is CC(F)(F)c1cc(N2C3CCC2CC3)ccc1NC(=O)c1c[nH]c2cccc(CO)c2c1=O. The van der Waals surface area contributed by atoms with Crippen LogP contribution in [0.15, 0.2) is 47.4 Å². The van der Waals surface area contributed by atoms with Gasteiger partial charge in [0, 0.05) is 42.0 Å². The zero-order chi connectivity index (χ0) is 23.3. The summed E-state index contributed by atoms with van der Waals surface area (Å²) in [4.78, 5) is 31.1. The highest BCUT2D eigenvalue weighted by molar-refractivity contribution is 6.06. The number of carbonyl (C=O) groups excluding carboxylic acids is 1. The normalized spacial score (nSPS) is 19.9. The van der Waals surface area contributed by atoms with E-state index in [1.807, 2.05) is 0 Å². The molecule has 0 aliphatic carbocycles. The molecule has 0 saturated carbocycles. The van der Waals surface area contributed by atoms with Gasteiger partial charge >= 0.3 is 0 Å². The largest absolute Gasteiger partial charge is 0.392 e. The van der Waals surface area contributed by atoms with Crippen LogP contribution in [0.5, 0.6) is 0 Å². The Kier molecular flexibility index (Phi) is 5.20. The third-order valence-electron chi connectivity index (χ3n) is 6.88. The average Bonchev–Trinajstić information content (AvgIpc) is 3.39. The Hall–Kier alpha value is -3.26. The zero-order valence-electron chi connectivity index (χ0n) is 18.2. The molecular weight excluding hydrogens is 428 g/mol. The van der Waals surface area contributed by atoms with Crippen LogP contribution in [0.3, 0.4) is 0 Å². The Morgan fingerprint density at radius 1 is 1.18 bits per heavy atom. The first-order valence-electron chi connectivity index (χ1n) is 11.1. The number of aliphatic hydroxyl groups excluding tert-OH is 1. The lowest BCUT2D eigenvalue weighted by Gasteiger charge is -2.27. The van der Waals surface area contributed by atoms with Crippen LogP contribution in [0.25, 0.3) is 10.9 Å². The van der Waals surface area contributed by atoms with E-state index >= 15 is 0 Å². The molecule has 0 unspecified atom stereocenters. The van der Waals surface area contributed by atoms with E-state index in [0.717, 1.165) is 38.3 Å². The van der Waals surface area contributed by atoms with Crippen LogP contribution in [-0.4, -0.2) is 28.1 Å². The molecule has 2 aromatic carbocycles. The minimum atomic E-state index is -3.18. The molecule has 33 heavy (non-hydrogen) atoms. The number of carbonyl (C=O) groups is 1. The van der Waals surface area contributed by atoms with Crippen LogP contribution in [0, 0.1) is 0 Å². The van der Waals surface area contributed by atoms with Gasteiger partial charge < -0.3 is 20.3 Å². The molecule has 3 aromatic rings. The van der Waals surface area contributed by atoms with Crippen LogP contribution >= 0.6 is 0 Å². The van der Waals surface area contributed by atoms with E-state index in [-0.39, 0.29) is 28.8 Å². The van der Waals surface area contributed by atoms with Gasteiger partial charge in [-0.1, -0.05) is 12.1 Å². The van der Waals surface area contributed by atoms with E-state index in [4.69, 9.17) is 0 Å². The summed E-state index contributed by atoms with van der Waals surface area (Å²) < 4.78 is 29.1. The van der Waals surface area contributed by atoms with Crippen molar-refractivity contribution in [3.63, 3.8) is 0 Å². The summed E-state index contributed by atoms with van der Waals surface area (Å²) in [5.41, 5.74) is 0.509. The van der Waals surface area contributed by atoms with Crippen molar-refractivity contribution >= 4 is 28.2 Å². The van der Waals surface area contributed by atoms with Gasteiger partial charge in [0.15, 0.2) is 0 Å². The van der Waals surface area contributed by atoms with E-state index in [1.165, 1.54) is 18.3 Å². The molecule has 2 bridgehead atoms. The number of aromatic amines is 1. The molecule has 172 valence electrons. The fraction of sp³-hybridized carbons (Fsp3) is 0.360. The summed E-state index contributed by atoms with van der Waals surface area (Å²) in [6.07, 6.45) is 5.55. The topological polar surface area (TPSA) is 85.4 Å². The molecule has 3 heterocycles. The van der Waals surface area contributed by atoms with Crippen molar-refractivity contribution < 1.29 is 18.7 Å². The van der Waals surface area contributed by atoms with Gasteiger partial charge in [0.05, 0.1) is 17.7 Å². The number of H-pyrrole nitrogens is 1. The van der Waals surface area contributed by atoms with Gasteiger partial charge in [0.1, 0.15) is 5.56 Å². The second kappa shape index (κ2) is 7.95. The lowest BCUT2D eigenvalue weighted by molar-refractivity contribution is 0.0183. The molecule has 2 saturated heterocycles. The number of hydrogen-bond acceptors (Lipinski definition) is 4. The van der Waals surface area contributed by atoms with Crippen molar-refractivity contribution in [2.24, 2.45) is 0 Å². The summed E-state index contributed by atoms with van der Waals surface area (Å²) in [6, 6.07) is 10.4. The Morgan fingerprint density at radius 2 is 1.88 bits per heavy atom. The summed E-state index contributed by atoms with van der Waals surface area (Å²) in [5, 5.41) is 12.3. The Bertz CT molecular complexity index is 1280. The van der Waals surface area contributed by atoms with Crippen LogP contribution < -0.4 is 15.6 Å². The van der Waals surface area contributed by atoms with Crippen LogP contribution in [-0.2, 0) is 12.5 Å². The predicted octanol–water partition coefficient (Wildman–Crippen LogP) is 4.52. The molecule has 6 nitrogen and oxygen atoms in total. The number of alkyl halides is 2. The first kappa shape index (κ1) is 21.6. The summed E-state index contributed by atoms with van der Waals surface area (Å²) in [7, 11) is 0.